The van der Waals surface area contributed by atoms with E-state index in [1.165, 1.54) is 11.6 Å². The van der Waals surface area contributed by atoms with Crippen molar-refractivity contribution in [2.75, 3.05) is 33.4 Å². The summed E-state index contributed by atoms with van der Waals surface area (Å²) in [5, 5.41) is 11.7. The van der Waals surface area contributed by atoms with Gasteiger partial charge in [0.15, 0.2) is 0 Å². The van der Waals surface area contributed by atoms with Crippen molar-refractivity contribution in [2.24, 2.45) is 13.0 Å². The van der Waals surface area contributed by atoms with Crippen LogP contribution in [0.1, 0.15) is 35.7 Å². The molecule has 34 heavy (non-hydrogen) atoms. The zero-order valence-electron chi connectivity index (χ0n) is 19.6. The molecule has 0 radical (unpaired) electrons. The van der Waals surface area contributed by atoms with Crippen LogP contribution in [0, 0.1) is 11.7 Å². The lowest BCUT2D eigenvalue weighted by molar-refractivity contribution is -0.142. The Labute approximate surface area is 198 Å². The van der Waals surface area contributed by atoms with E-state index in [2.05, 4.69) is 15.5 Å². The van der Waals surface area contributed by atoms with Crippen molar-refractivity contribution in [2.45, 2.75) is 30.8 Å². The van der Waals surface area contributed by atoms with Gasteiger partial charge in [0.2, 0.25) is 5.91 Å². The number of ether oxygens (including phenoxy) is 1. The van der Waals surface area contributed by atoms with Crippen LogP contribution in [0.5, 0.6) is 5.75 Å². The highest BCUT2D eigenvalue weighted by atomic mass is 19.1. The molecule has 0 bridgehead atoms. The SMILES string of the molecule is COc1ccc2c3c(n(C)c2c1)[C@@H](CO)N(Cc1ccccc1F)CC31CN(C(=O)C2CC2)C1. The van der Waals surface area contributed by atoms with Crippen LogP contribution >= 0.6 is 0 Å². The molecule has 3 aromatic rings. The number of hydrogen-bond donors (Lipinski definition) is 1. The second kappa shape index (κ2) is 7.82. The van der Waals surface area contributed by atoms with Gasteiger partial charge in [0.1, 0.15) is 11.6 Å². The molecule has 7 heteroatoms. The number of rotatable bonds is 5. The molecule has 3 aliphatic rings. The van der Waals surface area contributed by atoms with Crippen LogP contribution in [0.4, 0.5) is 4.39 Å². The molecule has 1 saturated heterocycles. The Bertz CT molecular complexity index is 1280. The third-order valence-electron chi connectivity index (χ3n) is 7.98. The van der Waals surface area contributed by atoms with E-state index in [9.17, 15) is 14.3 Å². The van der Waals surface area contributed by atoms with Gasteiger partial charge in [-0.25, -0.2) is 4.39 Å². The summed E-state index contributed by atoms with van der Waals surface area (Å²) in [7, 11) is 3.68. The van der Waals surface area contributed by atoms with Gasteiger partial charge in [-0.2, -0.15) is 0 Å². The minimum atomic E-state index is -0.267. The number of halogens is 1. The molecule has 178 valence electrons. The van der Waals surface area contributed by atoms with E-state index in [1.807, 2.05) is 36.2 Å². The van der Waals surface area contributed by atoms with E-state index in [0.717, 1.165) is 35.2 Å². The predicted molar refractivity (Wildman–Crippen MR) is 127 cm³/mol. The number of aromatic nitrogens is 1. The molecule has 1 N–H and O–H groups in total. The van der Waals surface area contributed by atoms with Crippen molar-refractivity contribution in [3.63, 3.8) is 0 Å². The highest BCUT2D eigenvalue weighted by Gasteiger charge is 2.55. The number of benzene rings is 2. The summed E-state index contributed by atoms with van der Waals surface area (Å²) in [6.07, 6.45) is 1.99. The zero-order chi connectivity index (χ0) is 23.6. The van der Waals surface area contributed by atoms with E-state index >= 15 is 0 Å². The number of carbonyl (C=O) groups excluding carboxylic acids is 1. The lowest BCUT2D eigenvalue weighted by atomic mass is 9.68. The molecule has 1 saturated carbocycles. The van der Waals surface area contributed by atoms with Crippen LogP contribution in [-0.4, -0.2) is 58.7 Å². The quantitative estimate of drug-likeness (QED) is 0.631. The van der Waals surface area contributed by atoms with Crippen LogP contribution in [-0.2, 0) is 23.8 Å². The van der Waals surface area contributed by atoms with E-state index in [-0.39, 0.29) is 35.7 Å². The molecule has 1 spiro atoms. The third-order valence-corrected chi connectivity index (χ3v) is 7.98. The first-order valence-electron chi connectivity index (χ1n) is 12.0. The van der Waals surface area contributed by atoms with Gasteiger partial charge in [-0.15, -0.1) is 0 Å². The maximum atomic E-state index is 14.6. The Kier molecular flexibility index (Phi) is 4.97. The topological polar surface area (TPSA) is 57.9 Å². The summed E-state index contributed by atoms with van der Waals surface area (Å²) in [6, 6.07) is 12.7. The molecule has 1 aliphatic carbocycles. The average Bonchev–Trinajstić information content (AvgIpc) is 3.63. The third kappa shape index (κ3) is 3.17. The first-order chi connectivity index (χ1) is 16.5. The van der Waals surface area contributed by atoms with Crippen LogP contribution in [0.25, 0.3) is 10.9 Å². The number of amides is 1. The molecular formula is C27H30FN3O3. The summed E-state index contributed by atoms with van der Waals surface area (Å²) >= 11 is 0. The van der Waals surface area contributed by atoms with Gasteiger partial charge in [0, 0.05) is 67.3 Å². The molecule has 0 unspecified atom stereocenters. The molecular weight excluding hydrogens is 433 g/mol. The van der Waals surface area contributed by atoms with Crippen molar-refractivity contribution in [1.82, 2.24) is 14.4 Å². The fourth-order valence-electron chi connectivity index (χ4n) is 6.16. The fraction of sp³-hybridized carbons (Fsp3) is 0.444. The van der Waals surface area contributed by atoms with Crippen molar-refractivity contribution < 1.29 is 19.0 Å². The van der Waals surface area contributed by atoms with Gasteiger partial charge in [-0.05, 0) is 36.6 Å². The monoisotopic (exact) mass is 463 g/mol. The maximum Gasteiger partial charge on any atom is 0.225 e. The lowest BCUT2D eigenvalue weighted by Crippen LogP contribution is -2.67. The highest BCUT2D eigenvalue weighted by molar-refractivity contribution is 5.90. The van der Waals surface area contributed by atoms with Crippen LogP contribution < -0.4 is 4.74 Å². The number of hydrogen-bond acceptors (Lipinski definition) is 4. The second-order valence-corrected chi connectivity index (χ2v) is 10.1. The molecule has 1 aromatic heterocycles. The molecule has 6 nitrogen and oxygen atoms in total. The number of nitrogens with zero attached hydrogens (tertiary/aromatic N) is 3. The average molecular weight is 464 g/mol. The standard InChI is InChI=1S/C27H30FN3O3/c1-29-22-11-19(34-2)9-10-20(22)24-25(29)23(13-32)30(12-18-5-3-4-6-21(18)28)14-27(24)15-31(16-27)26(33)17-7-8-17/h3-6,9-11,17,23,32H,7-8,12-16H2,1-2H3/t23-/m1/s1. The van der Waals surface area contributed by atoms with Crippen molar-refractivity contribution >= 4 is 16.8 Å². The Hall–Kier alpha value is -2.90. The molecule has 2 fully saturated rings. The Morgan fingerprint density at radius 1 is 1.18 bits per heavy atom. The highest BCUT2D eigenvalue weighted by Crippen LogP contribution is 2.50. The Morgan fingerprint density at radius 3 is 2.62 bits per heavy atom. The predicted octanol–water partition coefficient (Wildman–Crippen LogP) is 3.37. The molecule has 1 atom stereocenters. The van der Waals surface area contributed by atoms with E-state index < -0.39 is 0 Å². The van der Waals surface area contributed by atoms with Gasteiger partial charge >= 0.3 is 0 Å². The Morgan fingerprint density at radius 2 is 1.94 bits per heavy atom. The van der Waals surface area contributed by atoms with Crippen LogP contribution in [0.2, 0.25) is 0 Å². The number of fused-ring (bicyclic) bond motifs is 4. The van der Waals surface area contributed by atoms with Gasteiger partial charge in [0.25, 0.3) is 0 Å². The number of carbonyl (C=O) groups is 1. The van der Waals surface area contributed by atoms with E-state index in [1.54, 1.807) is 13.2 Å². The molecule has 2 aromatic carbocycles. The van der Waals surface area contributed by atoms with Crippen molar-refractivity contribution in [3.05, 3.63) is 65.1 Å². The summed E-state index contributed by atoms with van der Waals surface area (Å²) in [4.78, 5) is 17.0. The summed E-state index contributed by atoms with van der Waals surface area (Å²) in [5.74, 6) is 0.998. The number of aliphatic hydroxyl groups excluding tert-OH is 1. The number of aliphatic hydroxyl groups is 1. The molecule has 3 heterocycles. The first kappa shape index (κ1) is 21.6. The Balaban J connectivity index is 1.47. The van der Waals surface area contributed by atoms with Crippen LogP contribution in [0.15, 0.2) is 42.5 Å². The lowest BCUT2D eigenvalue weighted by Gasteiger charge is -2.56. The number of likely N-dealkylation sites (tertiary alicyclic amines) is 1. The number of methoxy groups -OCH3 is 1. The summed E-state index contributed by atoms with van der Waals surface area (Å²) in [6.45, 7) is 2.32. The normalized spacial score (nSPS) is 21.5. The van der Waals surface area contributed by atoms with Gasteiger partial charge in [-0.3, -0.25) is 9.69 Å². The van der Waals surface area contributed by atoms with Gasteiger partial charge in [0.05, 0.1) is 25.3 Å². The maximum absolute atomic E-state index is 14.6. The molecule has 2 aliphatic heterocycles. The van der Waals surface area contributed by atoms with E-state index in [0.29, 0.717) is 31.7 Å². The number of aryl methyl sites for hydroxylation is 1. The molecule has 6 rings (SSSR count). The van der Waals surface area contributed by atoms with Crippen molar-refractivity contribution in [1.29, 1.82) is 0 Å². The first-order valence-corrected chi connectivity index (χ1v) is 12.0. The van der Waals surface area contributed by atoms with Crippen molar-refractivity contribution in [3.8, 4) is 5.75 Å². The zero-order valence-corrected chi connectivity index (χ0v) is 19.6. The van der Waals surface area contributed by atoms with Crippen LogP contribution in [0.3, 0.4) is 0 Å². The molecule has 1 amide bonds. The van der Waals surface area contributed by atoms with Gasteiger partial charge < -0.3 is 19.3 Å². The summed E-state index contributed by atoms with van der Waals surface area (Å²) < 4.78 is 22.2. The smallest absolute Gasteiger partial charge is 0.225 e. The largest absolute Gasteiger partial charge is 0.497 e. The second-order valence-electron chi connectivity index (χ2n) is 10.1. The fourth-order valence-corrected chi connectivity index (χ4v) is 6.16. The van der Waals surface area contributed by atoms with E-state index in [4.69, 9.17) is 4.74 Å². The minimum absolute atomic E-state index is 0.0659. The minimum Gasteiger partial charge on any atom is -0.497 e. The van der Waals surface area contributed by atoms with Gasteiger partial charge in [-0.1, -0.05) is 18.2 Å². The summed E-state index contributed by atoms with van der Waals surface area (Å²) in [5.41, 5.74) is 3.68.